The van der Waals surface area contributed by atoms with E-state index >= 15 is 0 Å². The summed E-state index contributed by atoms with van der Waals surface area (Å²) < 4.78 is 26.1. The van der Waals surface area contributed by atoms with Gasteiger partial charge in [-0.25, -0.2) is 8.42 Å². The number of hydrogen-bond donors (Lipinski definition) is 1. The van der Waals surface area contributed by atoms with E-state index in [4.69, 9.17) is 5.73 Å². The second-order valence-corrected chi connectivity index (χ2v) is 5.82. The van der Waals surface area contributed by atoms with Crippen LogP contribution in [0.1, 0.15) is 20.3 Å². The molecule has 2 N–H and O–H groups in total. The van der Waals surface area contributed by atoms with Gasteiger partial charge in [-0.1, -0.05) is 6.92 Å². The van der Waals surface area contributed by atoms with E-state index in [9.17, 15) is 8.42 Å². The molecule has 1 aromatic heterocycles. The quantitative estimate of drug-likeness (QED) is 0.824. The highest BCUT2D eigenvalue weighted by Crippen LogP contribution is 2.20. The summed E-state index contributed by atoms with van der Waals surface area (Å²) in [5, 5.41) is -0.532. The van der Waals surface area contributed by atoms with Crippen molar-refractivity contribution in [2.24, 2.45) is 5.73 Å². The lowest BCUT2D eigenvalue weighted by Gasteiger charge is -2.27. The number of aromatic nitrogens is 1. The van der Waals surface area contributed by atoms with Crippen molar-refractivity contribution in [3.63, 3.8) is 0 Å². The van der Waals surface area contributed by atoms with Crippen LogP contribution in [-0.4, -0.2) is 31.7 Å². The molecule has 0 spiro atoms. The molecule has 1 aromatic rings. The summed E-state index contributed by atoms with van der Waals surface area (Å²) in [6.07, 6.45) is 3.67. The van der Waals surface area contributed by atoms with Crippen LogP contribution in [0.2, 0.25) is 0 Å². The molecule has 0 aromatic carbocycles. The maximum absolute atomic E-state index is 12.4. The largest absolute Gasteiger partial charge is 0.329 e. The molecular formula is C11H19N3O2S. The van der Waals surface area contributed by atoms with Crippen LogP contribution in [-0.2, 0) is 10.0 Å². The summed E-state index contributed by atoms with van der Waals surface area (Å²) in [5.41, 5.74) is 6.16. The van der Waals surface area contributed by atoms with Crippen molar-refractivity contribution < 1.29 is 8.42 Å². The number of anilines is 1. The second kappa shape index (κ2) is 5.97. The number of nitrogens with zero attached hydrogens (tertiary/aromatic N) is 2. The van der Waals surface area contributed by atoms with Crippen LogP contribution in [0.3, 0.4) is 0 Å². The van der Waals surface area contributed by atoms with Crippen LogP contribution >= 0.6 is 0 Å². The molecule has 0 saturated heterocycles. The molecule has 6 heteroatoms. The first kappa shape index (κ1) is 13.9. The van der Waals surface area contributed by atoms with Gasteiger partial charge in [0.2, 0.25) is 10.0 Å². The van der Waals surface area contributed by atoms with E-state index in [1.807, 2.05) is 6.92 Å². The van der Waals surface area contributed by atoms with E-state index in [0.29, 0.717) is 18.7 Å². The normalized spacial score (nSPS) is 13.4. The Labute approximate surface area is 103 Å². The Hall–Kier alpha value is -1.14. The van der Waals surface area contributed by atoms with Gasteiger partial charge < -0.3 is 5.73 Å². The summed E-state index contributed by atoms with van der Waals surface area (Å²) >= 11 is 0. The minimum absolute atomic E-state index is 0.139. The first-order valence-electron chi connectivity index (χ1n) is 5.69. The third-order valence-electron chi connectivity index (χ3n) is 2.68. The minimum Gasteiger partial charge on any atom is -0.329 e. The maximum Gasteiger partial charge on any atom is 0.239 e. The first-order chi connectivity index (χ1) is 8.07. The highest BCUT2D eigenvalue weighted by molar-refractivity contribution is 7.93. The van der Waals surface area contributed by atoms with Gasteiger partial charge in [-0.05, 0) is 25.5 Å². The van der Waals surface area contributed by atoms with Gasteiger partial charge in [-0.2, -0.15) is 0 Å². The fraction of sp³-hybridized carbons (Fsp3) is 0.545. The molecule has 1 atom stereocenters. The molecule has 17 heavy (non-hydrogen) atoms. The molecular weight excluding hydrogens is 238 g/mol. The van der Waals surface area contributed by atoms with Crippen LogP contribution in [0.25, 0.3) is 0 Å². The minimum atomic E-state index is -3.39. The zero-order valence-electron chi connectivity index (χ0n) is 10.2. The van der Waals surface area contributed by atoms with Crippen molar-refractivity contribution >= 4 is 15.7 Å². The molecule has 0 saturated carbocycles. The topological polar surface area (TPSA) is 76.3 Å². The van der Waals surface area contributed by atoms with E-state index < -0.39 is 15.3 Å². The SMILES string of the molecule is CCC(CN)S(=O)(=O)N(CC)c1ccncc1. The van der Waals surface area contributed by atoms with Crippen molar-refractivity contribution in [3.8, 4) is 0 Å². The number of hydrogen-bond acceptors (Lipinski definition) is 4. The number of nitrogens with two attached hydrogens (primary N) is 1. The molecule has 1 unspecified atom stereocenters. The smallest absolute Gasteiger partial charge is 0.239 e. The third kappa shape index (κ3) is 2.95. The van der Waals surface area contributed by atoms with Crippen molar-refractivity contribution in [1.29, 1.82) is 0 Å². The van der Waals surface area contributed by atoms with Gasteiger partial charge in [0, 0.05) is 25.5 Å². The summed E-state index contributed by atoms with van der Waals surface area (Å²) in [7, 11) is -3.39. The molecule has 0 fully saturated rings. The van der Waals surface area contributed by atoms with Crippen LogP contribution in [0.15, 0.2) is 24.5 Å². The number of sulfonamides is 1. The zero-order valence-corrected chi connectivity index (χ0v) is 11.0. The Morgan fingerprint density at radius 3 is 2.35 bits per heavy atom. The molecule has 5 nitrogen and oxygen atoms in total. The number of pyridine rings is 1. The van der Waals surface area contributed by atoms with Crippen LogP contribution in [0, 0.1) is 0 Å². The van der Waals surface area contributed by atoms with Crippen molar-refractivity contribution in [1.82, 2.24) is 4.98 Å². The van der Waals surface area contributed by atoms with Crippen LogP contribution in [0.4, 0.5) is 5.69 Å². The van der Waals surface area contributed by atoms with Crippen molar-refractivity contribution in [2.75, 3.05) is 17.4 Å². The summed E-state index contributed by atoms with van der Waals surface area (Å²) in [4.78, 5) is 3.88. The zero-order chi connectivity index (χ0) is 12.9. The van der Waals surface area contributed by atoms with Gasteiger partial charge in [0.1, 0.15) is 0 Å². The highest BCUT2D eigenvalue weighted by atomic mass is 32.2. The lowest BCUT2D eigenvalue weighted by atomic mass is 10.3. The molecule has 0 amide bonds. The van der Waals surface area contributed by atoms with E-state index in [2.05, 4.69) is 4.98 Å². The van der Waals surface area contributed by atoms with Gasteiger partial charge in [0.05, 0.1) is 10.9 Å². The standard InChI is InChI=1S/C11H19N3O2S/c1-3-11(9-12)17(15,16)14(4-2)10-5-7-13-8-6-10/h5-8,11H,3-4,9,12H2,1-2H3. The molecule has 1 rings (SSSR count). The molecule has 0 aliphatic carbocycles. The van der Waals surface area contributed by atoms with Gasteiger partial charge >= 0.3 is 0 Å². The van der Waals surface area contributed by atoms with Gasteiger partial charge in [-0.3, -0.25) is 9.29 Å². The van der Waals surface area contributed by atoms with Crippen molar-refractivity contribution in [3.05, 3.63) is 24.5 Å². The fourth-order valence-corrected chi connectivity index (χ4v) is 3.50. The summed E-state index contributed by atoms with van der Waals surface area (Å²) in [6.45, 7) is 4.17. The molecule has 0 aliphatic rings. The first-order valence-corrected chi connectivity index (χ1v) is 7.19. The van der Waals surface area contributed by atoms with Crippen LogP contribution in [0.5, 0.6) is 0 Å². The average molecular weight is 257 g/mol. The maximum atomic E-state index is 12.4. The molecule has 0 radical (unpaired) electrons. The fourth-order valence-electron chi connectivity index (χ4n) is 1.70. The monoisotopic (exact) mass is 257 g/mol. The lowest BCUT2D eigenvalue weighted by molar-refractivity contribution is 0.571. The lowest BCUT2D eigenvalue weighted by Crippen LogP contribution is -2.42. The molecule has 1 heterocycles. The molecule has 96 valence electrons. The van der Waals surface area contributed by atoms with E-state index in [1.54, 1.807) is 31.5 Å². The Morgan fingerprint density at radius 1 is 1.35 bits per heavy atom. The Morgan fingerprint density at radius 2 is 1.94 bits per heavy atom. The van der Waals surface area contributed by atoms with E-state index in [1.165, 1.54) is 4.31 Å². The highest BCUT2D eigenvalue weighted by Gasteiger charge is 2.29. The second-order valence-electron chi connectivity index (χ2n) is 3.68. The Bertz CT molecular complexity index is 429. The van der Waals surface area contributed by atoms with Gasteiger partial charge in [-0.15, -0.1) is 0 Å². The van der Waals surface area contributed by atoms with E-state index in [0.717, 1.165) is 0 Å². The predicted molar refractivity (Wildman–Crippen MR) is 69.3 cm³/mol. The van der Waals surface area contributed by atoms with Crippen LogP contribution < -0.4 is 10.0 Å². The molecule has 0 bridgehead atoms. The Balaban J connectivity index is 3.11. The summed E-state index contributed by atoms with van der Waals surface area (Å²) in [6, 6.07) is 3.37. The van der Waals surface area contributed by atoms with Crippen molar-refractivity contribution in [2.45, 2.75) is 25.5 Å². The number of rotatable bonds is 6. The Kier molecular flexibility index (Phi) is 4.89. The predicted octanol–water partition coefficient (Wildman–Crippen LogP) is 0.975. The summed E-state index contributed by atoms with van der Waals surface area (Å²) in [5.74, 6) is 0. The van der Waals surface area contributed by atoms with E-state index in [-0.39, 0.29) is 6.54 Å². The van der Waals surface area contributed by atoms with Gasteiger partial charge in [0.15, 0.2) is 0 Å². The average Bonchev–Trinajstić information content (AvgIpc) is 2.32. The molecule has 0 aliphatic heterocycles. The van der Waals surface area contributed by atoms with Gasteiger partial charge in [0.25, 0.3) is 0 Å². The third-order valence-corrected chi connectivity index (χ3v) is 5.14.